The summed E-state index contributed by atoms with van der Waals surface area (Å²) in [6.07, 6.45) is 2.43. The summed E-state index contributed by atoms with van der Waals surface area (Å²) in [4.78, 5) is 1.18. The first kappa shape index (κ1) is 13.1. The van der Waals surface area contributed by atoms with Gasteiger partial charge in [-0.1, -0.05) is 23.0 Å². The molecule has 0 saturated heterocycles. The van der Waals surface area contributed by atoms with Crippen molar-refractivity contribution in [3.8, 4) is 10.7 Å². The van der Waals surface area contributed by atoms with E-state index in [1.807, 2.05) is 13.0 Å². The summed E-state index contributed by atoms with van der Waals surface area (Å²) in [5, 5.41) is 15.7. The number of rotatable bonds is 5. The molecule has 3 aromatic rings. The molecule has 0 bridgehead atoms. The number of hydrogen-bond donors (Lipinski definition) is 0. The third-order valence-electron chi connectivity index (χ3n) is 3.34. The van der Waals surface area contributed by atoms with Crippen LogP contribution >= 0.6 is 23.1 Å². The first-order chi connectivity index (χ1) is 10.3. The lowest BCUT2D eigenvalue weighted by molar-refractivity contribution is 0.391. The Balaban J connectivity index is 1.60. The lowest BCUT2D eigenvalue weighted by Crippen LogP contribution is -1.98. The average molecular weight is 318 g/mol. The number of thiophene rings is 1. The zero-order chi connectivity index (χ0) is 14.2. The zero-order valence-electron chi connectivity index (χ0n) is 11.5. The van der Waals surface area contributed by atoms with Crippen molar-refractivity contribution in [3.05, 3.63) is 35.0 Å². The predicted octanol–water partition coefficient (Wildman–Crippen LogP) is 3.93. The van der Waals surface area contributed by atoms with Crippen LogP contribution in [0.25, 0.3) is 10.7 Å². The van der Waals surface area contributed by atoms with E-state index >= 15 is 0 Å². The van der Waals surface area contributed by atoms with Gasteiger partial charge in [-0.15, -0.1) is 21.5 Å². The topological polar surface area (TPSA) is 56.7 Å². The second kappa shape index (κ2) is 5.31. The Bertz CT molecular complexity index is 743. The molecule has 7 heteroatoms. The molecule has 1 saturated carbocycles. The second-order valence-electron chi connectivity index (χ2n) is 5.11. The maximum atomic E-state index is 5.25. The molecule has 0 aromatic carbocycles. The molecule has 21 heavy (non-hydrogen) atoms. The molecule has 0 aliphatic heterocycles. The van der Waals surface area contributed by atoms with Gasteiger partial charge in [-0.25, -0.2) is 0 Å². The lowest BCUT2D eigenvalue weighted by Gasteiger charge is -2.06. The molecule has 0 amide bonds. The van der Waals surface area contributed by atoms with Crippen LogP contribution in [0.1, 0.15) is 30.3 Å². The summed E-state index contributed by atoms with van der Waals surface area (Å²) < 4.78 is 7.53. The van der Waals surface area contributed by atoms with Gasteiger partial charge in [0, 0.05) is 12.1 Å². The van der Waals surface area contributed by atoms with Gasteiger partial charge >= 0.3 is 0 Å². The molecule has 108 valence electrons. The highest BCUT2D eigenvalue weighted by molar-refractivity contribution is 7.98. The highest BCUT2D eigenvalue weighted by atomic mass is 32.2. The van der Waals surface area contributed by atoms with Crippen molar-refractivity contribution in [3.63, 3.8) is 0 Å². The normalized spacial score (nSPS) is 14.7. The van der Waals surface area contributed by atoms with Gasteiger partial charge in [0.25, 0.3) is 0 Å². The quantitative estimate of drug-likeness (QED) is 0.667. The number of aryl methyl sites for hydroxylation is 1. The standard InChI is InChI=1S/C14H14N4OS2/c1-9-7-11(19-17-9)8-21-14-16-15-13(12-3-2-6-20-12)18(14)10-4-5-10/h2-3,6-7,10H,4-5,8H2,1H3. The van der Waals surface area contributed by atoms with Crippen molar-refractivity contribution in [1.82, 2.24) is 19.9 Å². The van der Waals surface area contributed by atoms with Gasteiger partial charge in [0.1, 0.15) is 5.76 Å². The van der Waals surface area contributed by atoms with E-state index in [4.69, 9.17) is 4.52 Å². The molecule has 0 atom stereocenters. The Morgan fingerprint density at radius 2 is 2.33 bits per heavy atom. The SMILES string of the molecule is Cc1cc(CSc2nnc(-c3cccs3)n2C2CC2)on1. The van der Waals surface area contributed by atoms with E-state index in [-0.39, 0.29) is 0 Å². The zero-order valence-corrected chi connectivity index (χ0v) is 13.2. The molecule has 1 aliphatic rings. The molecule has 1 fully saturated rings. The summed E-state index contributed by atoms with van der Waals surface area (Å²) in [6, 6.07) is 6.67. The van der Waals surface area contributed by atoms with Crippen molar-refractivity contribution in [1.29, 1.82) is 0 Å². The van der Waals surface area contributed by atoms with Crippen molar-refractivity contribution in [2.75, 3.05) is 0 Å². The molecule has 5 nitrogen and oxygen atoms in total. The lowest BCUT2D eigenvalue weighted by atomic mass is 10.4. The molecule has 4 rings (SSSR count). The van der Waals surface area contributed by atoms with Gasteiger partial charge in [0.2, 0.25) is 0 Å². The Labute approximate surface area is 130 Å². The molecule has 0 radical (unpaired) electrons. The first-order valence-corrected chi connectivity index (χ1v) is 8.71. The van der Waals surface area contributed by atoms with Crippen LogP contribution in [0.15, 0.2) is 33.3 Å². The van der Waals surface area contributed by atoms with Crippen LogP contribution in [-0.2, 0) is 5.75 Å². The van der Waals surface area contributed by atoms with Crippen molar-refractivity contribution < 1.29 is 4.52 Å². The number of aromatic nitrogens is 4. The van der Waals surface area contributed by atoms with Crippen LogP contribution in [0.5, 0.6) is 0 Å². The number of hydrogen-bond acceptors (Lipinski definition) is 6. The van der Waals surface area contributed by atoms with Crippen LogP contribution in [-0.4, -0.2) is 19.9 Å². The molecule has 1 aliphatic carbocycles. The highest BCUT2D eigenvalue weighted by Crippen LogP contribution is 2.42. The van der Waals surface area contributed by atoms with Crippen molar-refractivity contribution >= 4 is 23.1 Å². The Morgan fingerprint density at radius 1 is 1.43 bits per heavy atom. The van der Waals surface area contributed by atoms with Gasteiger partial charge < -0.3 is 4.52 Å². The monoisotopic (exact) mass is 318 g/mol. The Morgan fingerprint density at radius 3 is 3.00 bits per heavy atom. The minimum atomic E-state index is 0.552. The summed E-state index contributed by atoms with van der Waals surface area (Å²) in [7, 11) is 0. The summed E-state index contributed by atoms with van der Waals surface area (Å²) in [5.74, 6) is 2.60. The molecule has 0 N–H and O–H groups in total. The van der Waals surface area contributed by atoms with E-state index in [0.29, 0.717) is 6.04 Å². The molecular weight excluding hydrogens is 304 g/mol. The van der Waals surface area contributed by atoms with E-state index in [9.17, 15) is 0 Å². The van der Waals surface area contributed by atoms with Gasteiger partial charge in [0.15, 0.2) is 11.0 Å². The molecule has 3 heterocycles. The van der Waals surface area contributed by atoms with Crippen LogP contribution in [0, 0.1) is 6.92 Å². The average Bonchev–Trinajstić information content (AvgIpc) is 2.93. The molecule has 0 spiro atoms. The van der Waals surface area contributed by atoms with E-state index in [0.717, 1.165) is 28.2 Å². The molecular formula is C14H14N4OS2. The second-order valence-corrected chi connectivity index (χ2v) is 7.00. The van der Waals surface area contributed by atoms with Crippen LogP contribution in [0.2, 0.25) is 0 Å². The summed E-state index contributed by atoms with van der Waals surface area (Å²) in [5.41, 5.74) is 0.911. The fourth-order valence-corrected chi connectivity index (χ4v) is 3.82. The Hall–Kier alpha value is -1.60. The number of thioether (sulfide) groups is 1. The maximum Gasteiger partial charge on any atom is 0.192 e. The predicted molar refractivity (Wildman–Crippen MR) is 82.4 cm³/mol. The largest absolute Gasteiger partial charge is 0.360 e. The van der Waals surface area contributed by atoms with Crippen molar-refractivity contribution in [2.45, 2.75) is 36.7 Å². The fraction of sp³-hybridized carbons (Fsp3) is 0.357. The van der Waals surface area contributed by atoms with E-state index in [1.165, 1.54) is 17.7 Å². The Kier molecular flexibility index (Phi) is 3.31. The van der Waals surface area contributed by atoms with E-state index < -0.39 is 0 Å². The third kappa shape index (κ3) is 2.63. The molecule has 3 aromatic heterocycles. The maximum absolute atomic E-state index is 5.25. The van der Waals surface area contributed by atoms with Crippen LogP contribution in [0.3, 0.4) is 0 Å². The van der Waals surface area contributed by atoms with Gasteiger partial charge in [0.05, 0.1) is 16.3 Å². The number of nitrogens with zero attached hydrogens (tertiary/aromatic N) is 4. The minimum absolute atomic E-state index is 0.552. The van der Waals surface area contributed by atoms with Gasteiger partial charge in [-0.3, -0.25) is 4.57 Å². The summed E-state index contributed by atoms with van der Waals surface area (Å²) in [6.45, 7) is 1.93. The van der Waals surface area contributed by atoms with E-state index in [2.05, 4.69) is 37.4 Å². The van der Waals surface area contributed by atoms with Gasteiger partial charge in [-0.05, 0) is 31.2 Å². The minimum Gasteiger partial charge on any atom is -0.360 e. The highest BCUT2D eigenvalue weighted by Gasteiger charge is 2.30. The molecule has 0 unspecified atom stereocenters. The smallest absolute Gasteiger partial charge is 0.192 e. The fourth-order valence-electron chi connectivity index (χ4n) is 2.23. The van der Waals surface area contributed by atoms with Gasteiger partial charge in [-0.2, -0.15) is 0 Å². The first-order valence-electron chi connectivity index (χ1n) is 6.85. The van der Waals surface area contributed by atoms with Crippen molar-refractivity contribution in [2.24, 2.45) is 0 Å². The van der Waals surface area contributed by atoms with Crippen LogP contribution in [0.4, 0.5) is 0 Å². The third-order valence-corrected chi connectivity index (χ3v) is 5.17. The summed E-state index contributed by atoms with van der Waals surface area (Å²) >= 11 is 3.37. The van der Waals surface area contributed by atoms with Crippen LogP contribution < -0.4 is 0 Å². The van der Waals surface area contributed by atoms with E-state index in [1.54, 1.807) is 23.1 Å².